The van der Waals surface area contributed by atoms with Crippen molar-refractivity contribution in [3.8, 4) is 11.8 Å². The maximum absolute atomic E-state index is 11.9. The molecule has 41 heavy (non-hydrogen) atoms. The lowest BCUT2D eigenvalue weighted by Crippen LogP contribution is -2.63. The van der Waals surface area contributed by atoms with Crippen LogP contribution in [0.3, 0.4) is 0 Å². The molecule has 6 rings (SSSR count). The molecule has 5 saturated heterocycles. The van der Waals surface area contributed by atoms with E-state index in [4.69, 9.17) is 10.5 Å². The summed E-state index contributed by atoms with van der Waals surface area (Å²) in [5.74, 6) is 9.48. The molecule has 7 unspecified atom stereocenters. The molecule has 0 bridgehead atoms. The van der Waals surface area contributed by atoms with Gasteiger partial charge in [0.15, 0.2) is 0 Å². The van der Waals surface area contributed by atoms with Crippen molar-refractivity contribution in [1.82, 2.24) is 30.7 Å². The lowest BCUT2D eigenvalue weighted by atomic mass is 9.70. The molecule has 1 amide bonds. The van der Waals surface area contributed by atoms with Crippen molar-refractivity contribution < 1.29 is 9.53 Å². The Balaban J connectivity index is 1.06. The summed E-state index contributed by atoms with van der Waals surface area (Å²) in [5, 5.41) is 10.9. The summed E-state index contributed by atoms with van der Waals surface area (Å²) in [6.07, 6.45) is 12.7. The molecule has 0 aromatic rings. The summed E-state index contributed by atoms with van der Waals surface area (Å²) < 4.78 is 6.55. The minimum absolute atomic E-state index is 0.000400. The Morgan fingerprint density at radius 3 is 2.46 bits per heavy atom. The van der Waals surface area contributed by atoms with Gasteiger partial charge in [0.05, 0.1) is 24.5 Å². The number of fused-ring (bicyclic) bond motifs is 1. The number of nitrogens with one attached hydrogen (secondary N) is 3. The SMILES string of the molecule is C=CC(=O)N1CCC(N2CC(C#CC3C(C4CCC(OC5CCCC(C)N5)CC4)C4C(N)NCNC4N3C)C2)CC1. The first kappa shape index (κ1) is 29.6. The van der Waals surface area contributed by atoms with Crippen molar-refractivity contribution in [2.45, 2.75) is 108 Å². The number of carbonyl (C=O) groups excluding carboxylic acids is 1. The van der Waals surface area contributed by atoms with Crippen LogP contribution in [-0.2, 0) is 9.53 Å². The summed E-state index contributed by atoms with van der Waals surface area (Å²) >= 11 is 0. The van der Waals surface area contributed by atoms with Gasteiger partial charge in [-0.15, -0.1) is 0 Å². The zero-order valence-electron chi connectivity index (χ0n) is 25.3. The standard InChI is InChI=1S/C32H53N7O2/c1-4-28(40)38-16-14-24(15-17-38)39-18-22(19-39)8-13-26-29(30-31(33)34-20-35-32(30)37(26)3)23-9-11-25(12-10-23)41-27-7-5-6-21(2)36-27/h4,21-27,29-32,34-36H,1,5-7,9-12,14-20,33H2,2-3H3. The molecule has 5 N–H and O–H groups in total. The molecule has 6 aliphatic rings. The highest BCUT2D eigenvalue weighted by Crippen LogP contribution is 2.45. The van der Waals surface area contributed by atoms with Crippen molar-refractivity contribution in [2.24, 2.45) is 29.4 Å². The smallest absolute Gasteiger partial charge is 0.245 e. The van der Waals surface area contributed by atoms with E-state index in [1.165, 1.54) is 31.8 Å². The number of nitrogens with two attached hydrogens (primary N) is 1. The number of amides is 1. The van der Waals surface area contributed by atoms with Gasteiger partial charge in [-0.1, -0.05) is 18.4 Å². The molecule has 5 heterocycles. The highest BCUT2D eigenvalue weighted by molar-refractivity contribution is 5.87. The molecule has 9 nitrogen and oxygen atoms in total. The van der Waals surface area contributed by atoms with E-state index < -0.39 is 0 Å². The number of likely N-dealkylation sites (tertiary alicyclic amines) is 3. The third-order valence-corrected chi connectivity index (χ3v) is 11.1. The van der Waals surface area contributed by atoms with Crippen molar-refractivity contribution in [3.05, 3.63) is 12.7 Å². The van der Waals surface area contributed by atoms with Gasteiger partial charge in [0, 0.05) is 56.8 Å². The van der Waals surface area contributed by atoms with Gasteiger partial charge >= 0.3 is 0 Å². The number of carbonyl (C=O) groups is 1. The van der Waals surface area contributed by atoms with Crippen LogP contribution in [-0.4, -0.2) is 103 Å². The first-order chi connectivity index (χ1) is 19.9. The molecular formula is C32H53N7O2. The Morgan fingerprint density at radius 1 is 1.00 bits per heavy atom. The van der Waals surface area contributed by atoms with E-state index in [2.05, 4.69) is 58.1 Å². The number of hydrogen-bond acceptors (Lipinski definition) is 8. The maximum Gasteiger partial charge on any atom is 0.245 e. The van der Waals surface area contributed by atoms with Crippen LogP contribution >= 0.6 is 0 Å². The van der Waals surface area contributed by atoms with E-state index in [0.717, 1.165) is 65.0 Å². The van der Waals surface area contributed by atoms with Gasteiger partial charge < -0.3 is 15.4 Å². The van der Waals surface area contributed by atoms with Gasteiger partial charge in [0.25, 0.3) is 0 Å². The summed E-state index contributed by atoms with van der Waals surface area (Å²) in [7, 11) is 2.25. The number of rotatable bonds is 5. The van der Waals surface area contributed by atoms with Gasteiger partial charge in [0.1, 0.15) is 6.23 Å². The van der Waals surface area contributed by atoms with Gasteiger partial charge in [-0.2, -0.15) is 0 Å². The molecule has 228 valence electrons. The summed E-state index contributed by atoms with van der Waals surface area (Å²) in [6, 6.07) is 1.37. The van der Waals surface area contributed by atoms with E-state index in [1.807, 2.05) is 4.90 Å². The zero-order chi connectivity index (χ0) is 28.5. The van der Waals surface area contributed by atoms with E-state index >= 15 is 0 Å². The number of hydrogen-bond donors (Lipinski definition) is 4. The van der Waals surface area contributed by atoms with Crippen LogP contribution < -0.4 is 21.7 Å². The Bertz CT molecular complexity index is 976. The van der Waals surface area contributed by atoms with Crippen LogP contribution in [0.1, 0.15) is 64.7 Å². The minimum Gasteiger partial charge on any atom is -0.360 e. The topological polar surface area (TPSA) is 98.1 Å². The molecule has 7 atom stereocenters. The summed E-state index contributed by atoms with van der Waals surface area (Å²) in [5.41, 5.74) is 6.74. The van der Waals surface area contributed by atoms with E-state index in [-0.39, 0.29) is 30.5 Å². The van der Waals surface area contributed by atoms with Gasteiger partial charge in [0.2, 0.25) is 5.91 Å². The molecule has 5 aliphatic heterocycles. The quantitative estimate of drug-likeness (QED) is 0.293. The summed E-state index contributed by atoms with van der Waals surface area (Å²) in [6.45, 7) is 10.4. The van der Waals surface area contributed by atoms with E-state index in [1.54, 1.807) is 0 Å². The highest BCUT2D eigenvalue weighted by atomic mass is 16.5. The Labute approximate surface area is 247 Å². The number of ether oxygens (including phenoxy) is 1. The second-order valence-corrected chi connectivity index (χ2v) is 13.7. The van der Waals surface area contributed by atoms with Crippen molar-refractivity contribution >= 4 is 5.91 Å². The molecule has 9 heteroatoms. The van der Waals surface area contributed by atoms with Crippen LogP contribution in [0.15, 0.2) is 12.7 Å². The fraction of sp³-hybridized carbons (Fsp3) is 0.844. The third-order valence-electron chi connectivity index (χ3n) is 11.1. The maximum atomic E-state index is 11.9. The first-order valence-corrected chi connectivity index (χ1v) is 16.4. The Kier molecular flexibility index (Phi) is 9.38. The van der Waals surface area contributed by atoms with Crippen LogP contribution in [0.4, 0.5) is 0 Å². The number of piperidine rings is 2. The van der Waals surface area contributed by atoms with Crippen molar-refractivity contribution in [3.63, 3.8) is 0 Å². The minimum atomic E-state index is 0.000400. The second-order valence-electron chi connectivity index (χ2n) is 13.7. The number of nitrogens with zero attached hydrogens (tertiary/aromatic N) is 3. The molecule has 0 radical (unpaired) electrons. The Hall–Kier alpha value is -1.51. The zero-order valence-corrected chi connectivity index (χ0v) is 25.3. The summed E-state index contributed by atoms with van der Waals surface area (Å²) in [4.78, 5) is 18.9. The van der Waals surface area contributed by atoms with Crippen LogP contribution in [0, 0.1) is 35.5 Å². The van der Waals surface area contributed by atoms with E-state index in [0.29, 0.717) is 41.9 Å². The normalized spacial score (nSPS) is 41.2. The molecular weight excluding hydrogens is 514 g/mol. The predicted molar refractivity (Wildman–Crippen MR) is 161 cm³/mol. The fourth-order valence-electron chi connectivity index (χ4n) is 8.77. The van der Waals surface area contributed by atoms with Gasteiger partial charge in [-0.25, -0.2) is 0 Å². The highest BCUT2D eigenvalue weighted by Gasteiger charge is 2.53. The van der Waals surface area contributed by atoms with Crippen molar-refractivity contribution in [2.75, 3.05) is 39.9 Å². The van der Waals surface area contributed by atoms with Gasteiger partial charge in [-0.3, -0.25) is 30.5 Å². The van der Waals surface area contributed by atoms with E-state index in [9.17, 15) is 4.79 Å². The average Bonchev–Trinajstić information content (AvgIpc) is 3.25. The lowest BCUT2D eigenvalue weighted by molar-refractivity contribution is -0.127. The lowest BCUT2D eigenvalue weighted by Gasteiger charge is -2.45. The average molecular weight is 568 g/mol. The molecule has 1 aliphatic carbocycles. The first-order valence-electron chi connectivity index (χ1n) is 16.4. The third kappa shape index (κ3) is 6.40. The molecule has 0 spiro atoms. The van der Waals surface area contributed by atoms with Crippen molar-refractivity contribution in [1.29, 1.82) is 0 Å². The predicted octanol–water partition coefficient (Wildman–Crippen LogP) is 1.47. The van der Waals surface area contributed by atoms with Crippen LogP contribution in [0.2, 0.25) is 0 Å². The molecule has 6 fully saturated rings. The molecule has 0 aromatic carbocycles. The monoisotopic (exact) mass is 567 g/mol. The fourth-order valence-corrected chi connectivity index (χ4v) is 8.77. The van der Waals surface area contributed by atoms with Crippen LogP contribution in [0.5, 0.6) is 0 Å². The second kappa shape index (κ2) is 13.0. The Morgan fingerprint density at radius 2 is 1.76 bits per heavy atom. The molecule has 1 saturated carbocycles. The largest absolute Gasteiger partial charge is 0.360 e. The molecule has 0 aromatic heterocycles. The van der Waals surface area contributed by atoms with Crippen LogP contribution in [0.25, 0.3) is 0 Å². The van der Waals surface area contributed by atoms with Gasteiger partial charge in [-0.05, 0) is 89.7 Å².